The molecule has 16 heavy (non-hydrogen) atoms. The zero-order valence-electron chi connectivity index (χ0n) is 8.52. The van der Waals surface area contributed by atoms with Gasteiger partial charge in [-0.2, -0.15) is 0 Å². The highest BCUT2D eigenvalue weighted by molar-refractivity contribution is 8.16. The van der Waals surface area contributed by atoms with E-state index in [4.69, 9.17) is 11.6 Å². The number of carbonyl (C=O) groups is 1. The van der Waals surface area contributed by atoms with Crippen LogP contribution in [0.5, 0.6) is 0 Å². The second kappa shape index (κ2) is 3.60. The standard InChI is InChI=1S/C12H10ClNOS/c13-9-10(15)14-11(16-12(9)6-7-12)8-4-2-1-3-5-8/h1-5,9H,6-7H2. The van der Waals surface area contributed by atoms with Crippen molar-refractivity contribution in [1.29, 1.82) is 0 Å². The Hall–Kier alpha value is -0.800. The Kier molecular flexibility index (Phi) is 2.33. The SMILES string of the molecule is O=C1N=C(c2ccccc2)SC2(CC2)C1Cl. The molecule has 0 aromatic heterocycles. The molecular weight excluding hydrogens is 242 g/mol. The maximum absolute atomic E-state index is 11.7. The number of benzene rings is 1. The van der Waals surface area contributed by atoms with Gasteiger partial charge in [-0.25, -0.2) is 4.99 Å². The third-order valence-corrected chi connectivity index (χ3v) is 5.26. The first kappa shape index (κ1) is 10.4. The lowest BCUT2D eigenvalue weighted by Crippen LogP contribution is -2.33. The smallest absolute Gasteiger partial charge is 0.266 e. The van der Waals surface area contributed by atoms with Crippen molar-refractivity contribution < 1.29 is 4.79 Å². The van der Waals surface area contributed by atoms with E-state index < -0.39 is 5.38 Å². The number of rotatable bonds is 1. The van der Waals surface area contributed by atoms with Gasteiger partial charge in [0.25, 0.3) is 5.91 Å². The van der Waals surface area contributed by atoms with Crippen LogP contribution in [-0.4, -0.2) is 21.1 Å². The lowest BCUT2D eigenvalue weighted by Gasteiger charge is -2.24. The predicted molar refractivity (Wildman–Crippen MR) is 67.2 cm³/mol. The molecule has 1 spiro atoms. The Morgan fingerprint density at radius 2 is 2.00 bits per heavy atom. The van der Waals surface area contributed by atoms with E-state index in [1.54, 1.807) is 11.8 Å². The van der Waals surface area contributed by atoms with Gasteiger partial charge in [0.2, 0.25) is 0 Å². The number of aliphatic imine (C=N–C) groups is 1. The number of alkyl halides is 1. The fourth-order valence-corrected chi connectivity index (χ4v) is 3.52. The van der Waals surface area contributed by atoms with Crippen LogP contribution in [0.25, 0.3) is 0 Å². The van der Waals surface area contributed by atoms with Crippen LogP contribution in [0.15, 0.2) is 35.3 Å². The maximum atomic E-state index is 11.7. The summed E-state index contributed by atoms with van der Waals surface area (Å²) in [5.74, 6) is -0.184. The van der Waals surface area contributed by atoms with Crippen molar-refractivity contribution in [3.05, 3.63) is 35.9 Å². The van der Waals surface area contributed by atoms with E-state index >= 15 is 0 Å². The summed E-state index contributed by atoms with van der Waals surface area (Å²) in [5.41, 5.74) is 1.01. The highest BCUT2D eigenvalue weighted by atomic mass is 35.5. The number of hydrogen-bond acceptors (Lipinski definition) is 2. The molecule has 2 nitrogen and oxygen atoms in total. The van der Waals surface area contributed by atoms with Crippen LogP contribution >= 0.6 is 23.4 Å². The van der Waals surface area contributed by atoms with Gasteiger partial charge in [-0.1, -0.05) is 42.1 Å². The summed E-state index contributed by atoms with van der Waals surface area (Å²) in [6.07, 6.45) is 2.03. The Morgan fingerprint density at radius 1 is 1.31 bits per heavy atom. The van der Waals surface area contributed by atoms with Gasteiger partial charge >= 0.3 is 0 Å². The van der Waals surface area contributed by atoms with E-state index in [1.807, 2.05) is 30.3 Å². The molecule has 1 heterocycles. The normalized spacial score (nSPS) is 26.7. The number of carbonyl (C=O) groups excluding carboxylic acids is 1. The summed E-state index contributed by atoms with van der Waals surface area (Å²) in [4.78, 5) is 15.8. The predicted octanol–water partition coefficient (Wildman–Crippen LogP) is 2.85. The third kappa shape index (κ3) is 1.59. The lowest BCUT2D eigenvalue weighted by atomic mass is 10.2. The molecule has 0 saturated heterocycles. The Balaban J connectivity index is 1.98. The summed E-state index contributed by atoms with van der Waals surface area (Å²) < 4.78 is -0.0639. The van der Waals surface area contributed by atoms with Gasteiger partial charge in [-0.3, -0.25) is 4.79 Å². The highest BCUT2D eigenvalue weighted by Gasteiger charge is 2.55. The van der Waals surface area contributed by atoms with Crippen LogP contribution in [0, 0.1) is 0 Å². The van der Waals surface area contributed by atoms with Gasteiger partial charge in [0.15, 0.2) is 0 Å². The van der Waals surface area contributed by atoms with E-state index in [2.05, 4.69) is 4.99 Å². The van der Waals surface area contributed by atoms with Gasteiger partial charge in [0.1, 0.15) is 10.4 Å². The van der Waals surface area contributed by atoms with Gasteiger partial charge in [-0.15, -0.1) is 11.6 Å². The first-order valence-corrected chi connectivity index (χ1v) is 6.48. The van der Waals surface area contributed by atoms with Crippen molar-refractivity contribution in [3.63, 3.8) is 0 Å². The molecule has 1 aliphatic heterocycles. The molecule has 1 amide bonds. The second-order valence-electron chi connectivity index (χ2n) is 4.15. The Bertz CT molecular complexity index is 467. The molecule has 0 bridgehead atoms. The minimum absolute atomic E-state index is 0.0639. The summed E-state index contributed by atoms with van der Waals surface area (Å²) in [7, 11) is 0. The number of thioether (sulfide) groups is 1. The van der Waals surface area contributed by atoms with Crippen LogP contribution in [0.1, 0.15) is 18.4 Å². The summed E-state index contributed by atoms with van der Waals surface area (Å²) in [5, 5.41) is 0.380. The van der Waals surface area contributed by atoms with E-state index in [-0.39, 0.29) is 10.7 Å². The number of hydrogen-bond donors (Lipinski definition) is 0. The quantitative estimate of drug-likeness (QED) is 0.719. The van der Waals surface area contributed by atoms with Crippen LogP contribution in [0.4, 0.5) is 0 Å². The van der Waals surface area contributed by atoms with Crippen LogP contribution in [0.3, 0.4) is 0 Å². The molecule has 1 fully saturated rings. The molecule has 0 radical (unpaired) electrons. The van der Waals surface area contributed by atoms with E-state index in [0.717, 1.165) is 23.4 Å². The molecule has 1 aromatic carbocycles. The minimum atomic E-state index is -0.440. The largest absolute Gasteiger partial charge is 0.271 e. The van der Waals surface area contributed by atoms with Crippen molar-refractivity contribution >= 4 is 34.3 Å². The average Bonchev–Trinajstić information content (AvgIpc) is 3.08. The van der Waals surface area contributed by atoms with E-state index in [9.17, 15) is 4.79 Å². The fraction of sp³-hybridized carbons (Fsp3) is 0.333. The first-order chi connectivity index (χ1) is 7.71. The zero-order chi connectivity index (χ0) is 11.2. The maximum Gasteiger partial charge on any atom is 0.266 e. The first-order valence-electron chi connectivity index (χ1n) is 5.22. The molecule has 0 N–H and O–H groups in total. The zero-order valence-corrected chi connectivity index (χ0v) is 10.1. The van der Waals surface area contributed by atoms with E-state index in [1.165, 1.54) is 0 Å². The lowest BCUT2D eigenvalue weighted by molar-refractivity contribution is -0.117. The highest BCUT2D eigenvalue weighted by Crippen LogP contribution is 2.56. The van der Waals surface area contributed by atoms with Crippen molar-refractivity contribution in [1.82, 2.24) is 0 Å². The molecule has 1 atom stereocenters. The van der Waals surface area contributed by atoms with Crippen molar-refractivity contribution in [2.24, 2.45) is 4.99 Å². The summed E-state index contributed by atoms with van der Waals surface area (Å²) in [6.45, 7) is 0. The monoisotopic (exact) mass is 251 g/mol. The molecule has 1 saturated carbocycles. The van der Waals surface area contributed by atoms with Crippen molar-refractivity contribution in [2.45, 2.75) is 23.0 Å². The molecule has 4 heteroatoms. The fourth-order valence-electron chi connectivity index (χ4n) is 1.83. The van der Waals surface area contributed by atoms with Gasteiger partial charge in [0, 0.05) is 10.3 Å². The molecule has 2 aliphatic rings. The number of nitrogens with zero attached hydrogens (tertiary/aromatic N) is 1. The minimum Gasteiger partial charge on any atom is -0.271 e. The molecule has 1 unspecified atom stereocenters. The molecule has 3 rings (SSSR count). The molecular formula is C12H10ClNOS. The molecule has 82 valence electrons. The second-order valence-corrected chi connectivity index (χ2v) is 5.99. The molecule has 1 aromatic rings. The summed E-state index contributed by atoms with van der Waals surface area (Å²) >= 11 is 7.76. The van der Waals surface area contributed by atoms with Gasteiger partial charge in [0.05, 0.1) is 0 Å². The third-order valence-electron chi connectivity index (χ3n) is 2.95. The number of halogens is 1. The van der Waals surface area contributed by atoms with Crippen molar-refractivity contribution in [3.8, 4) is 0 Å². The summed E-state index contributed by atoms with van der Waals surface area (Å²) in [6, 6.07) is 9.81. The van der Waals surface area contributed by atoms with Gasteiger partial charge < -0.3 is 0 Å². The Morgan fingerprint density at radius 3 is 2.62 bits per heavy atom. The van der Waals surface area contributed by atoms with Crippen LogP contribution in [-0.2, 0) is 4.79 Å². The Labute approximate surface area is 103 Å². The van der Waals surface area contributed by atoms with Crippen LogP contribution < -0.4 is 0 Å². The van der Waals surface area contributed by atoms with Crippen molar-refractivity contribution in [2.75, 3.05) is 0 Å². The van der Waals surface area contributed by atoms with E-state index in [0.29, 0.717) is 0 Å². The average molecular weight is 252 g/mol. The van der Waals surface area contributed by atoms with Crippen LogP contribution in [0.2, 0.25) is 0 Å². The molecule has 1 aliphatic carbocycles. The topological polar surface area (TPSA) is 29.4 Å². The van der Waals surface area contributed by atoms with Gasteiger partial charge in [-0.05, 0) is 12.8 Å². The number of amides is 1.